The Morgan fingerprint density at radius 3 is 2.67 bits per heavy atom. The molecule has 0 unspecified atom stereocenters. The van der Waals surface area contributed by atoms with E-state index in [1.54, 1.807) is 25.3 Å². The van der Waals surface area contributed by atoms with E-state index >= 15 is 0 Å². The van der Waals surface area contributed by atoms with Crippen molar-refractivity contribution in [3.05, 3.63) is 63.8 Å². The van der Waals surface area contributed by atoms with Gasteiger partial charge in [-0.3, -0.25) is 4.79 Å². The summed E-state index contributed by atoms with van der Waals surface area (Å²) in [5, 5.41) is 4.63. The molecule has 24 heavy (non-hydrogen) atoms. The van der Waals surface area contributed by atoms with Gasteiger partial charge in [0.2, 0.25) is 0 Å². The van der Waals surface area contributed by atoms with Crippen LogP contribution < -0.4 is 10.1 Å². The molecule has 0 radical (unpaired) electrons. The molecule has 2 aromatic carbocycles. The number of hydrogen-bond donors (Lipinski definition) is 2. The van der Waals surface area contributed by atoms with E-state index in [0.717, 1.165) is 22.2 Å². The van der Waals surface area contributed by atoms with Crippen molar-refractivity contribution in [3.8, 4) is 5.75 Å². The van der Waals surface area contributed by atoms with E-state index in [-0.39, 0.29) is 5.91 Å². The molecule has 0 aliphatic rings. The maximum absolute atomic E-state index is 12.3. The van der Waals surface area contributed by atoms with Gasteiger partial charge in [0.25, 0.3) is 5.91 Å². The summed E-state index contributed by atoms with van der Waals surface area (Å²) in [5.41, 5.74) is 2.45. The molecule has 1 amide bonds. The summed E-state index contributed by atoms with van der Waals surface area (Å²) in [6.07, 6.45) is 2.62. The minimum absolute atomic E-state index is 0.275. The predicted molar refractivity (Wildman–Crippen MR) is 97.3 cm³/mol. The molecule has 0 saturated heterocycles. The van der Waals surface area contributed by atoms with E-state index in [2.05, 4.69) is 10.3 Å². The van der Waals surface area contributed by atoms with E-state index < -0.39 is 0 Å². The van der Waals surface area contributed by atoms with E-state index in [9.17, 15) is 4.79 Å². The lowest BCUT2D eigenvalue weighted by Gasteiger charge is -2.08. The molecule has 1 heterocycles. The number of nitrogens with one attached hydrogen (secondary N) is 2. The summed E-state index contributed by atoms with van der Waals surface area (Å²) in [6.45, 7) is 0.477. The van der Waals surface area contributed by atoms with Gasteiger partial charge < -0.3 is 15.0 Å². The first-order valence-electron chi connectivity index (χ1n) is 7.46. The normalized spacial score (nSPS) is 10.8. The second kappa shape index (κ2) is 7.16. The van der Waals surface area contributed by atoms with E-state index in [4.69, 9.17) is 27.9 Å². The van der Waals surface area contributed by atoms with Crippen LogP contribution in [0.4, 0.5) is 0 Å². The van der Waals surface area contributed by atoms with Crippen molar-refractivity contribution in [3.63, 3.8) is 0 Å². The molecule has 3 aromatic rings. The van der Waals surface area contributed by atoms with Crippen molar-refractivity contribution in [2.24, 2.45) is 0 Å². The molecule has 0 saturated carbocycles. The maximum atomic E-state index is 12.3. The summed E-state index contributed by atoms with van der Waals surface area (Å²) in [6, 6.07) is 10.9. The van der Waals surface area contributed by atoms with Crippen LogP contribution in [0.5, 0.6) is 5.75 Å². The van der Waals surface area contributed by atoms with Gasteiger partial charge in [-0.1, -0.05) is 29.3 Å². The number of methoxy groups -OCH3 is 1. The van der Waals surface area contributed by atoms with Gasteiger partial charge in [0.15, 0.2) is 0 Å². The Kier molecular flexibility index (Phi) is 4.97. The van der Waals surface area contributed by atoms with Crippen molar-refractivity contribution < 1.29 is 9.53 Å². The highest BCUT2D eigenvalue weighted by atomic mass is 35.5. The average molecular weight is 363 g/mol. The maximum Gasteiger partial charge on any atom is 0.254 e. The van der Waals surface area contributed by atoms with Crippen molar-refractivity contribution in [2.45, 2.75) is 6.42 Å². The molecule has 124 valence electrons. The molecule has 2 N–H and O–H groups in total. The number of benzene rings is 2. The zero-order valence-corrected chi connectivity index (χ0v) is 14.5. The van der Waals surface area contributed by atoms with Crippen LogP contribution in [-0.2, 0) is 6.42 Å². The van der Waals surface area contributed by atoms with Crippen molar-refractivity contribution in [1.82, 2.24) is 10.3 Å². The summed E-state index contributed by atoms with van der Waals surface area (Å²) in [5.74, 6) is 0.526. The highest BCUT2D eigenvalue weighted by Crippen LogP contribution is 2.25. The number of fused-ring (bicyclic) bond motifs is 1. The zero-order chi connectivity index (χ0) is 17.1. The van der Waals surface area contributed by atoms with Crippen molar-refractivity contribution >= 4 is 40.0 Å². The highest BCUT2D eigenvalue weighted by Gasteiger charge is 2.14. The highest BCUT2D eigenvalue weighted by molar-refractivity contribution is 6.39. The van der Waals surface area contributed by atoms with Crippen LogP contribution in [0.3, 0.4) is 0 Å². The SMILES string of the molecule is COc1ccc2[nH]cc(CCNC(=O)c3c(Cl)cccc3Cl)c2c1. The molecule has 6 heteroatoms. The standard InChI is InChI=1S/C18H16Cl2N2O2/c1-24-12-5-6-16-13(9-12)11(10-22-16)7-8-21-18(23)17-14(19)3-2-4-15(17)20/h2-6,9-10,22H,7-8H2,1H3,(H,21,23). The van der Waals surface area contributed by atoms with Gasteiger partial charge in [-0.2, -0.15) is 0 Å². The van der Waals surface area contributed by atoms with Gasteiger partial charge in [-0.25, -0.2) is 0 Å². The Labute approximate surface area is 149 Å². The fourth-order valence-electron chi connectivity index (χ4n) is 2.61. The van der Waals surface area contributed by atoms with Crippen LogP contribution in [0.1, 0.15) is 15.9 Å². The second-order valence-electron chi connectivity index (χ2n) is 5.33. The Balaban J connectivity index is 1.69. The molecule has 0 aliphatic carbocycles. The van der Waals surface area contributed by atoms with Crippen molar-refractivity contribution in [2.75, 3.05) is 13.7 Å². The average Bonchev–Trinajstić information content (AvgIpc) is 2.97. The summed E-state index contributed by atoms with van der Waals surface area (Å²) in [4.78, 5) is 15.5. The molecule has 0 fully saturated rings. The number of amides is 1. The smallest absolute Gasteiger partial charge is 0.254 e. The molecule has 0 bridgehead atoms. The lowest BCUT2D eigenvalue weighted by Crippen LogP contribution is -2.26. The first-order chi connectivity index (χ1) is 11.6. The van der Waals surface area contributed by atoms with Gasteiger partial charge in [-0.15, -0.1) is 0 Å². The monoisotopic (exact) mass is 362 g/mol. The number of hydrogen-bond acceptors (Lipinski definition) is 2. The van der Waals surface area contributed by atoms with Gasteiger partial charge in [0.05, 0.1) is 22.7 Å². The lowest BCUT2D eigenvalue weighted by molar-refractivity contribution is 0.0954. The first kappa shape index (κ1) is 16.7. The van der Waals surface area contributed by atoms with E-state index in [0.29, 0.717) is 28.6 Å². The van der Waals surface area contributed by atoms with Gasteiger partial charge in [0.1, 0.15) is 5.75 Å². The van der Waals surface area contributed by atoms with Crippen molar-refractivity contribution in [1.29, 1.82) is 0 Å². The second-order valence-corrected chi connectivity index (χ2v) is 6.14. The van der Waals surface area contributed by atoms with Crippen LogP contribution in [0.15, 0.2) is 42.6 Å². The third kappa shape index (κ3) is 3.35. The molecule has 0 aliphatic heterocycles. The Hall–Kier alpha value is -2.17. The quantitative estimate of drug-likeness (QED) is 0.703. The number of carbonyl (C=O) groups excluding carboxylic acids is 1. The van der Waals surface area contributed by atoms with Crippen LogP contribution in [0.25, 0.3) is 10.9 Å². The Bertz CT molecular complexity index is 870. The number of aromatic amines is 1. The third-order valence-corrected chi connectivity index (χ3v) is 4.47. The summed E-state index contributed by atoms with van der Waals surface area (Å²) in [7, 11) is 1.64. The summed E-state index contributed by atoms with van der Waals surface area (Å²) >= 11 is 12.1. The van der Waals surface area contributed by atoms with Gasteiger partial charge >= 0.3 is 0 Å². The summed E-state index contributed by atoms with van der Waals surface area (Å²) < 4.78 is 5.26. The number of halogens is 2. The van der Waals surface area contributed by atoms with E-state index in [1.807, 2.05) is 24.4 Å². The topological polar surface area (TPSA) is 54.1 Å². The van der Waals surface area contributed by atoms with E-state index in [1.165, 1.54) is 0 Å². The molecular formula is C18H16Cl2N2O2. The number of rotatable bonds is 5. The predicted octanol–water partition coefficient (Wildman–Crippen LogP) is 4.46. The Morgan fingerprint density at radius 2 is 1.96 bits per heavy atom. The molecule has 3 rings (SSSR count). The minimum Gasteiger partial charge on any atom is -0.497 e. The zero-order valence-electron chi connectivity index (χ0n) is 13.0. The minimum atomic E-state index is -0.275. The van der Waals surface area contributed by atoms with Crippen LogP contribution in [0, 0.1) is 0 Å². The first-order valence-corrected chi connectivity index (χ1v) is 8.22. The molecule has 0 atom stereocenters. The molecule has 4 nitrogen and oxygen atoms in total. The number of H-pyrrole nitrogens is 1. The van der Waals surface area contributed by atoms with Crippen LogP contribution >= 0.6 is 23.2 Å². The largest absolute Gasteiger partial charge is 0.497 e. The van der Waals surface area contributed by atoms with Crippen LogP contribution in [-0.4, -0.2) is 24.5 Å². The number of ether oxygens (including phenoxy) is 1. The number of carbonyl (C=O) groups is 1. The third-order valence-electron chi connectivity index (χ3n) is 3.84. The fraction of sp³-hybridized carbons (Fsp3) is 0.167. The molecule has 1 aromatic heterocycles. The van der Waals surface area contributed by atoms with Gasteiger partial charge in [0, 0.05) is 23.6 Å². The van der Waals surface area contributed by atoms with Gasteiger partial charge in [-0.05, 0) is 42.3 Å². The Morgan fingerprint density at radius 1 is 1.21 bits per heavy atom. The molecule has 0 spiro atoms. The van der Waals surface area contributed by atoms with Crippen LogP contribution in [0.2, 0.25) is 10.0 Å². The molecular weight excluding hydrogens is 347 g/mol. The lowest BCUT2D eigenvalue weighted by atomic mass is 10.1. The number of aromatic nitrogens is 1. The fourth-order valence-corrected chi connectivity index (χ4v) is 3.17.